The first-order chi connectivity index (χ1) is 6.50. The van der Waals surface area contributed by atoms with Gasteiger partial charge in [-0.3, -0.25) is 10.1 Å². The molecule has 3 N–H and O–H groups in total. The lowest BCUT2D eigenvalue weighted by Gasteiger charge is -2.02. The van der Waals surface area contributed by atoms with E-state index in [4.69, 9.17) is 5.73 Å². The number of nitrogens with one attached hydrogen (secondary N) is 1. The third-order valence-corrected chi connectivity index (χ3v) is 1.90. The van der Waals surface area contributed by atoms with Crippen LogP contribution in [0.25, 0.3) is 0 Å². The van der Waals surface area contributed by atoms with Crippen molar-refractivity contribution in [1.29, 1.82) is 0 Å². The minimum atomic E-state index is -1.02. The van der Waals surface area contributed by atoms with Crippen molar-refractivity contribution < 1.29 is 14.0 Å². The van der Waals surface area contributed by atoms with Gasteiger partial charge in [-0.05, 0) is 18.2 Å². The van der Waals surface area contributed by atoms with Gasteiger partial charge in [-0.2, -0.15) is 0 Å². The maximum absolute atomic E-state index is 13.0. The lowest BCUT2D eigenvalue weighted by atomic mass is 10.2. The van der Waals surface area contributed by atoms with Crippen molar-refractivity contribution in [2.75, 3.05) is 0 Å². The molecular formula is C8H6BrFN2O2. The molecule has 14 heavy (non-hydrogen) atoms. The molecule has 0 saturated heterocycles. The zero-order chi connectivity index (χ0) is 10.7. The molecule has 0 aliphatic rings. The van der Waals surface area contributed by atoms with Crippen LogP contribution in [-0.4, -0.2) is 11.9 Å². The zero-order valence-electron chi connectivity index (χ0n) is 6.88. The monoisotopic (exact) mass is 260 g/mol. The predicted octanol–water partition coefficient (Wildman–Crippen LogP) is 1.40. The fourth-order valence-electron chi connectivity index (χ4n) is 0.851. The van der Waals surface area contributed by atoms with Crippen LogP contribution >= 0.6 is 15.9 Å². The lowest BCUT2D eigenvalue weighted by Crippen LogP contribution is -2.35. The van der Waals surface area contributed by atoms with Gasteiger partial charge in [0.15, 0.2) is 0 Å². The molecule has 0 aromatic heterocycles. The lowest BCUT2D eigenvalue weighted by molar-refractivity contribution is 0.0962. The Bertz CT molecular complexity index is 395. The van der Waals surface area contributed by atoms with Gasteiger partial charge in [0.05, 0.1) is 5.56 Å². The van der Waals surface area contributed by atoms with E-state index in [0.29, 0.717) is 4.47 Å². The number of urea groups is 1. The van der Waals surface area contributed by atoms with E-state index in [2.05, 4.69) is 15.9 Å². The van der Waals surface area contributed by atoms with Crippen LogP contribution in [0.15, 0.2) is 22.7 Å². The number of benzene rings is 1. The van der Waals surface area contributed by atoms with Crippen LogP contribution in [0.1, 0.15) is 10.4 Å². The summed E-state index contributed by atoms with van der Waals surface area (Å²) >= 11 is 3.07. The Morgan fingerprint density at radius 2 is 2.07 bits per heavy atom. The number of rotatable bonds is 1. The van der Waals surface area contributed by atoms with Crippen molar-refractivity contribution in [3.63, 3.8) is 0 Å². The van der Waals surface area contributed by atoms with E-state index in [1.165, 1.54) is 12.1 Å². The summed E-state index contributed by atoms with van der Waals surface area (Å²) in [6.07, 6.45) is 0. The van der Waals surface area contributed by atoms with Gasteiger partial charge in [0, 0.05) is 4.47 Å². The first kappa shape index (κ1) is 10.6. The highest BCUT2D eigenvalue weighted by molar-refractivity contribution is 9.10. The van der Waals surface area contributed by atoms with Gasteiger partial charge >= 0.3 is 6.03 Å². The molecular weight excluding hydrogens is 255 g/mol. The Morgan fingerprint density at radius 1 is 1.43 bits per heavy atom. The van der Waals surface area contributed by atoms with Gasteiger partial charge in [0.25, 0.3) is 5.91 Å². The first-order valence-corrected chi connectivity index (χ1v) is 4.36. The maximum Gasteiger partial charge on any atom is 0.319 e. The average molecular weight is 261 g/mol. The van der Waals surface area contributed by atoms with Gasteiger partial charge in [-0.15, -0.1) is 0 Å². The van der Waals surface area contributed by atoms with Crippen LogP contribution in [0, 0.1) is 5.82 Å². The van der Waals surface area contributed by atoms with E-state index in [9.17, 15) is 14.0 Å². The number of primary amides is 1. The smallest absolute Gasteiger partial charge is 0.319 e. The summed E-state index contributed by atoms with van der Waals surface area (Å²) in [5, 5.41) is 1.77. The van der Waals surface area contributed by atoms with Crippen LogP contribution in [0.2, 0.25) is 0 Å². The second-order valence-electron chi connectivity index (χ2n) is 2.44. The first-order valence-electron chi connectivity index (χ1n) is 3.56. The summed E-state index contributed by atoms with van der Waals surface area (Å²) in [4.78, 5) is 21.5. The number of hydrogen-bond donors (Lipinski definition) is 2. The van der Waals surface area contributed by atoms with Gasteiger partial charge in [-0.25, -0.2) is 9.18 Å². The third kappa shape index (κ3) is 2.53. The number of amides is 3. The van der Waals surface area contributed by atoms with E-state index < -0.39 is 17.8 Å². The van der Waals surface area contributed by atoms with Crippen LogP contribution in [-0.2, 0) is 0 Å². The summed E-state index contributed by atoms with van der Waals surface area (Å²) in [7, 11) is 0. The molecule has 0 spiro atoms. The highest BCUT2D eigenvalue weighted by atomic mass is 79.9. The minimum Gasteiger partial charge on any atom is -0.351 e. The number of nitrogens with two attached hydrogens (primary N) is 1. The largest absolute Gasteiger partial charge is 0.351 e. The molecule has 0 aliphatic heterocycles. The molecule has 0 atom stereocenters. The molecule has 4 nitrogen and oxygen atoms in total. The highest BCUT2D eigenvalue weighted by Crippen LogP contribution is 2.15. The fraction of sp³-hybridized carbons (Fsp3) is 0. The van der Waals surface area contributed by atoms with Crippen LogP contribution < -0.4 is 11.1 Å². The molecule has 0 heterocycles. The highest BCUT2D eigenvalue weighted by Gasteiger charge is 2.13. The van der Waals surface area contributed by atoms with Crippen molar-refractivity contribution in [1.82, 2.24) is 5.32 Å². The average Bonchev–Trinajstić information content (AvgIpc) is 2.08. The number of carbonyl (C=O) groups is 2. The Labute approximate surface area is 87.4 Å². The number of halogens is 2. The molecule has 1 rings (SSSR count). The molecule has 0 fully saturated rings. The Kier molecular flexibility index (Phi) is 3.19. The Balaban J connectivity index is 3.00. The molecule has 0 bridgehead atoms. The molecule has 74 valence electrons. The van der Waals surface area contributed by atoms with E-state index in [1.54, 1.807) is 5.32 Å². The van der Waals surface area contributed by atoms with E-state index in [1.807, 2.05) is 0 Å². The second-order valence-corrected chi connectivity index (χ2v) is 3.36. The van der Waals surface area contributed by atoms with E-state index >= 15 is 0 Å². The van der Waals surface area contributed by atoms with Crippen LogP contribution in [0.4, 0.5) is 9.18 Å². The van der Waals surface area contributed by atoms with Gasteiger partial charge < -0.3 is 5.73 Å². The molecule has 1 aromatic rings. The van der Waals surface area contributed by atoms with Crippen LogP contribution in [0.5, 0.6) is 0 Å². The Hall–Kier alpha value is -1.43. The van der Waals surface area contributed by atoms with E-state index in [0.717, 1.165) is 6.07 Å². The normalized spacial score (nSPS) is 9.57. The second kappa shape index (κ2) is 4.19. The molecule has 1 aromatic carbocycles. The quantitative estimate of drug-likeness (QED) is 0.801. The molecule has 0 saturated carbocycles. The molecule has 3 amide bonds. The Morgan fingerprint density at radius 3 is 2.64 bits per heavy atom. The summed E-state index contributed by atoms with van der Waals surface area (Å²) in [6.45, 7) is 0. The third-order valence-electron chi connectivity index (χ3n) is 1.41. The zero-order valence-corrected chi connectivity index (χ0v) is 8.47. The maximum atomic E-state index is 13.0. The van der Waals surface area contributed by atoms with Crippen molar-refractivity contribution in [2.45, 2.75) is 0 Å². The summed E-state index contributed by atoms with van der Waals surface area (Å²) in [5.74, 6) is -1.58. The van der Waals surface area contributed by atoms with Crippen molar-refractivity contribution in [3.05, 3.63) is 34.1 Å². The summed E-state index contributed by atoms with van der Waals surface area (Å²) in [5.41, 5.74) is 4.48. The van der Waals surface area contributed by atoms with Crippen molar-refractivity contribution in [2.24, 2.45) is 5.73 Å². The minimum absolute atomic E-state index is 0.238. The topological polar surface area (TPSA) is 72.2 Å². The molecule has 0 radical (unpaired) electrons. The van der Waals surface area contributed by atoms with Crippen molar-refractivity contribution in [3.8, 4) is 0 Å². The number of hydrogen-bond acceptors (Lipinski definition) is 2. The van der Waals surface area contributed by atoms with E-state index in [-0.39, 0.29) is 5.56 Å². The standard InChI is InChI=1S/C8H6BrFN2O2/c9-4-1-2-6(10)5(3-4)7(13)12-8(11)14/h1-3H,(H3,11,12,13,14). The molecule has 0 aliphatic carbocycles. The molecule has 0 unspecified atom stereocenters. The van der Waals surface area contributed by atoms with Crippen molar-refractivity contribution >= 4 is 27.9 Å². The van der Waals surface area contributed by atoms with Gasteiger partial charge in [0.1, 0.15) is 5.82 Å². The molecule has 6 heteroatoms. The number of imide groups is 1. The predicted molar refractivity (Wildman–Crippen MR) is 51.1 cm³/mol. The van der Waals surface area contributed by atoms with Gasteiger partial charge in [0.2, 0.25) is 0 Å². The summed E-state index contributed by atoms with van der Waals surface area (Å²) < 4.78 is 13.6. The number of carbonyl (C=O) groups excluding carboxylic acids is 2. The SMILES string of the molecule is NC(=O)NC(=O)c1cc(Br)ccc1F. The van der Waals surface area contributed by atoms with Gasteiger partial charge in [-0.1, -0.05) is 15.9 Å². The van der Waals surface area contributed by atoms with Crippen LogP contribution in [0.3, 0.4) is 0 Å². The summed E-state index contributed by atoms with van der Waals surface area (Å²) in [6, 6.07) is 2.79. The fourth-order valence-corrected chi connectivity index (χ4v) is 1.21.